The van der Waals surface area contributed by atoms with Crippen LogP contribution < -0.4 is 0 Å². The van der Waals surface area contributed by atoms with Gasteiger partial charge in [0.05, 0.1) is 18.0 Å². The van der Waals surface area contributed by atoms with Crippen molar-refractivity contribution < 1.29 is 0 Å². The molecule has 0 aromatic carbocycles. The monoisotopic (exact) mass is 151 g/mol. The first-order chi connectivity index (χ1) is 5.22. The summed E-state index contributed by atoms with van der Waals surface area (Å²) in [5.74, 6) is 0. The Kier molecular flexibility index (Phi) is 4.90. The minimum absolute atomic E-state index is 0.189. The standard InChI is InChI=1S/C8H13N3/c1-3-5-11-6-8(10)7(9)4-2/h3,6,9-10H,1,4-5H2,2H3. The van der Waals surface area contributed by atoms with E-state index in [1.165, 1.54) is 6.21 Å². The molecule has 0 radical (unpaired) electrons. The molecule has 3 nitrogen and oxygen atoms in total. The Morgan fingerprint density at radius 1 is 1.55 bits per heavy atom. The lowest BCUT2D eigenvalue weighted by Gasteiger charge is -1.94. The molecule has 0 bridgehead atoms. The molecule has 60 valence electrons. The highest BCUT2D eigenvalue weighted by Gasteiger charge is 1.96. The van der Waals surface area contributed by atoms with Crippen LogP contribution in [0.5, 0.6) is 0 Å². The molecule has 0 aromatic rings. The van der Waals surface area contributed by atoms with Gasteiger partial charge in [-0.2, -0.15) is 0 Å². The van der Waals surface area contributed by atoms with Gasteiger partial charge in [-0.3, -0.25) is 10.4 Å². The molecule has 0 saturated carbocycles. The molecule has 0 spiro atoms. The zero-order valence-electron chi connectivity index (χ0n) is 6.72. The molecule has 0 saturated heterocycles. The highest BCUT2D eigenvalue weighted by Crippen LogP contribution is 1.82. The lowest BCUT2D eigenvalue weighted by Crippen LogP contribution is -2.11. The van der Waals surface area contributed by atoms with Crippen molar-refractivity contribution in [3.63, 3.8) is 0 Å². The maximum atomic E-state index is 7.26. The number of nitrogens with zero attached hydrogens (tertiary/aromatic N) is 1. The topological polar surface area (TPSA) is 60.1 Å². The van der Waals surface area contributed by atoms with Crippen LogP contribution in [0.1, 0.15) is 13.3 Å². The van der Waals surface area contributed by atoms with Crippen LogP contribution in [0.15, 0.2) is 17.6 Å². The molecule has 0 unspecified atom stereocenters. The zero-order chi connectivity index (χ0) is 8.69. The fraction of sp³-hybridized carbons (Fsp3) is 0.375. The van der Waals surface area contributed by atoms with Gasteiger partial charge < -0.3 is 5.41 Å². The predicted molar refractivity (Wildman–Crippen MR) is 49.3 cm³/mol. The minimum Gasteiger partial charge on any atom is -0.303 e. The average molecular weight is 151 g/mol. The summed E-state index contributed by atoms with van der Waals surface area (Å²) >= 11 is 0. The maximum absolute atomic E-state index is 7.26. The van der Waals surface area contributed by atoms with Gasteiger partial charge >= 0.3 is 0 Å². The van der Waals surface area contributed by atoms with E-state index in [0.29, 0.717) is 18.7 Å². The molecule has 3 heteroatoms. The van der Waals surface area contributed by atoms with E-state index in [1.54, 1.807) is 6.08 Å². The third kappa shape index (κ3) is 4.19. The molecular formula is C8H13N3. The van der Waals surface area contributed by atoms with Crippen LogP contribution >= 0.6 is 0 Å². The molecule has 0 aliphatic heterocycles. The Balaban J connectivity index is 3.86. The zero-order valence-corrected chi connectivity index (χ0v) is 6.72. The highest BCUT2D eigenvalue weighted by molar-refractivity contribution is 6.60. The Bertz CT molecular complexity index is 192. The highest BCUT2D eigenvalue weighted by atomic mass is 14.7. The molecule has 0 atom stereocenters. The van der Waals surface area contributed by atoms with Crippen LogP contribution in [0, 0.1) is 10.8 Å². The number of rotatable bonds is 5. The molecule has 11 heavy (non-hydrogen) atoms. The summed E-state index contributed by atoms with van der Waals surface area (Å²) < 4.78 is 0. The summed E-state index contributed by atoms with van der Waals surface area (Å²) in [6, 6.07) is 0. The summed E-state index contributed by atoms with van der Waals surface area (Å²) in [6.45, 7) is 5.84. The lowest BCUT2D eigenvalue weighted by molar-refractivity contribution is 1.25. The van der Waals surface area contributed by atoms with Crippen molar-refractivity contribution >= 4 is 17.6 Å². The van der Waals surface area contributed by atoms with E-state index >= 15 is 0 Å². The van der Waals surface area contributed by atoms with Gasteiger partial charge in [0.2, 0.25) is 0 Å². The SMILES string of the molecule is C=CCN=CC(=N)C(=N)CC. The summed E-state index contributed by atoms with van der Waals surface area (Å²) in [6.07, 6.45) is 3.63. The first kappa shape index (κ1) is 9.75. The summed E-state index contributed by atoms with van der Waals surface area (Å²) in [5.41, 5.74) is 0.507. The smallest absolute Gasteiger partial charge is 0.0925 e. The van der Waals surface area contributed by atoms with Crippen LogP contribution in [-0.4, -0.2) is 24.2 Å². The predicted octanol–water partition coefficient (Wildman–Crippen LogP) is 1.69. The summed E-state index contributed by atoms with van der Waals surface area (Å²) in [4.78, 5) is 3.85. The summed E-state index contributed by atoms with van der Waals surface area (Å²) in [5, 5.41) is 14.5. The van der Waals surface area contributed by atoms with Crippen LogP contribution in [0.2, 0.25) is 0 Å². The van der Waals surface area contributed by atoms with E-state index in [9.17, 15) is 0 Å². The molecule has 0 aliphatic rings. The Morgan fingerprint density at radius 3 is 2.64 bits per heavy atom. The van der Waals surface area contributed by atoms with Crippen molar-refractivity contribution in [1.82, 2.24) is 0 Å². The molecule has 2 N–H and O–H groups in total. The van der Waals surface area contributed by atoms with Gasteiger partial charge in [-0.05, 0) is 6.42 Å². The fourth-order valence-electron chi connectivity index (χ4n) is 0.487. The molecule has 0 fully saturated rings. The van der Waals surface area contributed by atoms with Gasteiger partial charge in [-0.25, -0.2) is 0 Å². The summed E-state index contributed by atoms with van der Waals surface area (Å²) in [7, 11) is 0. The second-order valence-corrected chi connectivity index (χ2v) is 2.03. The van der Waals surface area contributed by atoms with E-state index in [4.69, 9.17) is 10.8 Å². The van der Waals surface area contributed by atoms with Crippen LogP contribution in [-0.2, 0) is 0 Å². The largest absolute Gasteiger partial charge is 0.303 e. The van der Waals surface area contributed by atoms with Crippen molar-refractivity contribution in [3.05, 3.63) is 12.7 Å². The second kappa shape index (κ2) is 5.53. The van der Waals surface area contributed by atoms with Crippen molar-refractivity contribution in [3.8, 4) is 0 Å². The fourth-order valence-corrected chi connectivity index (χ4v) is 0.487. The van der Waals surface area contributed by atoms with Crippen molar-refractivity contribution in [2.24, 2.45) is 4.99 Å². The Hall–Kier alpha value is -1.25. The van der Waals surface area contributed by atoms with Crippen molar-refractivity contribution in [2.75, 3.05) is 6.54 Å². The molecule has 0 aromatic heterocycles. The number of hydrogen-bond acceptors (Lipinski definition) is 3. The van der Waals surface area contributed by atoms with Crippen molar-refractivity contribution in [1.29, 1.82) is 10.8 Å². The number of hydrogen-bond donors (Lipinski definition) is 2. The van der Waals surface area contributed by atoms with Crippen LogP contribution in [0.3, 0.4) is 0 Å². The van der Waals surface area contributed by atoms with Gasteiger partial charge in [-0.1, -0.05) is 13.0 Å². The molecular weight excluding hydrogens is 138 g/mol. The molecule has 0 rings (SSSR count). The maximum Gasteiger partial charge on any atom is 0.0925 e. The van der Waals surface area contributed by atoms with Gasteiger partial charge in [0, 0.05) is 6.21 Å². The van der Waals surface area contributed by atoms with Gasteiger partial charge in [0.1, 0.15) is 0 Å². The van der Waals surface area contributed by atoms with E-state index in [2.05, 4.69) is 11.6 Å². The number of aliphatic imine (C=N–C) groups is 1. The second-order valence-electron chi connectivity index (χ2n) is 2.03. The van der Waals surface area contributed by atoms with Gasteiger partial charge in [0.15, 0.2) is 0 Å². The van der Waals surface area contributed by atoms with Crippen molar-refractivity contribution in [2.45, 2.75) is 13.3 Å². The van der Waals surface area contributed by atoms with Crippen LogP contribution in [0.4, 0.5) is 0 Å². The Labute approximate surface area is 66.9 Å². The quantitative estimate of drug-likeness (QED) is 0.444. The molecule has 0 heterocycles. The number of nitrogens with one attached hydrogen (secondary N) is 2. The van der Waals surface area contributed by atoms with Gasteiger partial charge in [0.25, 0.3) is 0 Å². The first-order valence-corrected chi connectivity index (χ1v) is 3.49. The van der Waals surface area contributed by atoms with Gasteiger partial charge in [-0.15, -0.1) is 6.58 Å². The van der Waals surface area contributed by atoms with E-state index in [-0.39, 0.29) is 5.71 Å². The Morgan fingerprint density at radius 2 is 2.18 bits per heavy atom. The van der Waals surface area contributed by atoms with E-state index < -0.39 is 0 Å². The molecule has 0 amide bonds. The van der Waals surface area contributed by atoms with E-state index in [0.717, 1.165) is 0 Å². The first-order valence-electron chi connectivity index (χ1n) is 3.49. The van der Waals surface area contributed by atoms with E-state index in [1.807, 2.05) is 6.92 Å². The molecule has 0 aliphatic carbocycles. The average Bonchev–Trinajstić information content (AvgIpc) is 2.03. The normalized spacial score (nSPS) is 9.91. The lowest BCUT2D eigenvalue weighted by atomic mass is 10.2. The third-order valence-corrected chi connectivity index (χ3v) is 1.13. The minimum atomic E-state index is 0.189. The van der Waals surface area contributed by atoms with Crippen LogP contribution in [0.25, 0.3) is 0 Å². The third-order valence-electron chi connectivity index (χ3n) is 1.13.